The molecule has 0 heteroatoms. The topological polar surface area (TPSA) is 0 Å². The standard InChI is InChI=1S/C54H36/c1-29-17-30(2)20-35(19-29)41-23-49-50(51-27-45-39-15-7-11-33-9-5-13-37(53(33)39)43(45)25-47(41)51)24-42(36-21-31(3)18-32(4)22-36)48-26-44-38-14-6-10-34-12-8-16-40(54(34)38)46(44)28-52(48)49/h5-28H,1-4H3. The highest BCUT2D eigenvalue weighted by molar-refractivity contribution is 6.29. The summed E-state index contributed by atoms with van der Waals surface area (Å²) < 4.78 is 0. The largest absolute Gasteiger partial charge is 0.0610 e. The van der Waals surface area contributed by atoms with Gasteiger partial charge >= 0.3 is 0 Å². The van der Waals surface area contributed by atoms with Crippen LogP contribution in [0.5, 0.6) is 0 Å². The van der Waals surface area contributed by atoms with Gasteiger partial charge in [-0.15, -0.1) is 0 Å². The molecule has 0 atom stereocenters. The normalized spacial score (nSPS) is 12.4. The predicted molar refractivity (Wildman–Crippen MR) is 233 cm³/mol. The van der Waals surface area contributed by atoms with Crippen LogP contribution in [0.2, 0.25) is 0 Å². The minimum absolute atomic E-state index is 1.28. The zero-order valence-electron chi connectivity index (χ0n) is 30.9. The molecule has 2 aliphatic carbocycles. The molecule has 0 aliphatic heterocycles. The molecule has 0 fully saturated rings. The maximum atomic E-state index is 2.52. The fourth-order valence-corrected chi connectivity index (χ4v) is 10.3. The first-order valence-electron chi connectivity index (χ1n) is 19.2. The van der Waals surface area contributed by atoms with E-state index in [1.165, 1.54) is 143 Å². The van der Waals surface area contributed by atoms with E-state index >= 15 is 0 Å². The number of benzene rings is 10. The minimum Gasteiger partial charge on any atom is -0.0610 e. The molecule has 0 spiro atoms. The molecule has 12 rings (SSSR count). The van der Waals surface area contributed by atoms with Crippen LogP contribution in [0.3, 0.4) is 0 Å². The smallest absolute Gasteiger partial charge is 0.00264 e. The van der Waals surface area contributed by atoms with Gasteiger partial charge in [-0.2, -0.15) is 0 Å². The molecule has 2 aliphatic rings. The Kier molecular flexibility index (Phi) is 5.87. The molecule has 10 aromatic rings. The molecule has 0 amide bonds. The zero-order valence-corrected chi connectivity index (χ0v) is 30.9. The molecule has 54 heavy (non-hydrogen) atoms. The van der Waals surface area contributed by atoms with Gasteiger partial charge in [0.2, 0.25) is 0 Å². The van der Waals surface area contributed by atoms with Crippen LogP contribution in [-0.4, -0.2) is 0 Å². The fourth-order valence-electron chi connectivity index (χ4n) is 10.3. The third kappa shape index (κ3) is 4.03. The van der Waals surface area contributed by atoms with Crippen LogP contribution < -0.4 is 0 Å². The molecule has 0 saturated carbocycles. The molecular formula is C54H36. The summed E-state index contributed by atoms with van der Waals surface area (Å²) >= 11 is 0. The maximum Gasteiger partial charge on any atom is -0.00264 e. The SMILES string of the molecule is Cc1cc(C)cc(-c2cc3c4cc5c(cc4c(-c4cc(C)cc(C)c4)cc3c3cc4c(cc23)-c2cccc3cccc-4c23)-c2cccc3cccc-5c23)c1. The highest BCUT2D eigenvalue weighted by atomic mass is 14.3. The Hall–Kier alpha value is -6.50. The Morgan fingerprint density at radius 2 is 0.519 bits per heavy atom. The summed E-state index contributed by atoms with van der Waals surface area (Å²) in [6, 6.07) is 56.3. The molecule has 0 saturated heterocycles. The summed E-state index contributed by atoms with van der Waals surface area (Å²) in [7, 11) is 0. The molecule has 0 nitrogen and oxygen atoms in total. The Morgan fingerprint density at radius 1 is 0.241 bits per heavy atom. The monoisotopic (exact) mass is 684 g/mol. The molecule has 252 valence electrons. The Labute approximate surface area is 315 Å². The molecular weight excluding hydrogens is 649 g/mol. The lowest BCUT2D eigenvalue weighted by atomic mass is 9.84. The number of rotatable bonds is 2. The van der Waals surface area contributed by atoms with Gasteiger partial charge in [0.25, 0.3) is 0 Å². The molecule has 10 aromatic carbocycles. The van der Waals surface area contributed by atoms with Crippen molar-refractivity contribution in [2.45, 2.75) is 27.7 Å². The van der Waals surface area contributed by atoms with Crippen molar-refractivity contribution in [1.29, 1.82) is 0 Å². The van der Waals surface area contributed by atoms with Crippen LogP contribution in [0.4, 0.5) is 0 Å². The number of aryl methyl sites for hydroxylation is 4. The van der Waals surface area contributed by atoms with Gasteiger partial charge in [-0.1, -0.05) is 131 Å². The maximum absolute atomic E-state index is 2.52. The quantitative estimate of drug-likeness (QED) is 0.159. The Balaban J connectivity index is 1.29. The second-order valence-electron chi connectivity index (χ2n) is 16.0. The van der Waals surface area contributed by atoms with Gasteiger partial charge in [0.05, 0.1) is 0 Å². The van der Waals surface area contributed by atoms with Crippen molar-refractivity contribution in [2.75, 3.05) is 0 Å². The summed E-state index contributed by atoms with van der Waals surface area (Å²) in [5, 5.41) is 13.2. The first-order valence-corrected chi connectivity index (χ1v) is 19.2. The second-order valence-corrected chi connectivity index (χ2v) is 16.0. The van der Waals surface area contributed by atoms with Gasteiger partial charge < -0.3 is 0 Å². The number of fused-ring (bicyclic) bond motifs is 11. The lowest BCUT2D eigenvalue weighted by Gasteiger charge is -2.19. The summed E-state index contributed by atoms with van der Waals surface area (Å²) in [6.45, 7) is 8.90. The molecule has 0 heterocycles. The van der Waals surface area contributed by atoms with Crippen LogP contribution >= 0.6 is 0 Å². The van der Waals surface area contributed by atoms with E-state index < -0.39 is 0 Å². The van der Waals surface area contributed by atoms with Gasteiger partial charge in [-0.05, 0) is 185 Å². The van der Waals surface area contributed by atoms with E-state index in [9.17, 15) is 0 Å². The van der Waals surface area contributed by atoms with Gasteiger partial charge in [-0.3, -0.25) is 0 Å². The average molecular weight is 685 g/mol. The molecule has 0 radical (unpaired) electrons. The van der Waals surface area contributed by atoms with Crippen molar-refractivity contribution < 1.29 is 0 Å². The van der Waals surface area contributed by atoms with Crippen molar-refractivity contribution in [3.63, 3.8) is 0 Å². The van der Waals surface area contributed by atoms with E-state index in [-0.39, 0.29) is 0 Å². The van der Waals surface area contributed by atoms with E-state index in [2.05, 4.69) is 173 Å². The van der Waals surface area contributed by atoms with Crippen LogP contribution in [0, 0.1) is 27.7 Å². The first-order chi connectivity index (χ1) is 26.4. The van der Waals surface area contributed by atoms with Crippen molar-refractivity contribution >= 4 is 53.9 Å². The van der Waals surface area contributed by atoms with Crippen molar-refractivity contribution in [1.82, 2.24) is 0 Å². The van der Waals surface area contributed by atoms with Crippen LogP contribution in [0.15, 0.2) is 146 Å². The van der Waals surface area contributed by atoms with E-state index in [4.69, 9.17) is 0 Å². The highest BCUT2D eigenvalue weighted by Crippen LogP contribution is 2.54. The van der Waals surface area contributed by atoms with Gasteiger partial charge in [0, 0.05) is 0 Å². The van der Waals surface area contributed by atoms with E-state index in [0.717, 1.165) is 0 Å². The fraction of sp³-hybridized carbons (Fsp3) is 0.0741. The Morgan fingerprint density at radius 3 is 0.852 bits per heavy atom. The summed E-state index contributed by atoms with van der Waals surface area (Å²) in [6.07, 6.45) is 0. The number of hydrogen-bond acceptors (Lipinski definition) is 0. The summed E-state index contributed by atoms with van der Waals surface area (Å²) in [5.41, 5.74) is 21.0. The first kappa shape index (κ1) is 30.0. The second kappa shape index (κ2) is 10.6. The molecule has 0 aromatic heterocycles. The van der Waals surface area contributed by atoms with E-state index in [1.807, 2.05) is 0 Å². The van der Waals surface area contributed by atoms with Crippen LogP contribution in [-0.2, 0) is 0 Å². The van der Waals surface area contributed by atoms with Crippen molar-refractivity contribution in [3.05, 3.63) is 168 Å². The molecule has 0 N–H and O–H groups in total. The van der Waals surface area contributed by atoms with Crippen molar-refractivity contribution in [3.8, 4) is 66.8 Å². The van der Waals surface area contributed by atoms with Crippen LogP contribution in [0.1, 0.15) is 22.3 Å². The lowest BCUT2D eigenvalue weighted by molar-refractivity contribution is 1.39. The third-order valence-corrected chi connectivity index (χ3v) is 12.4. The molecule has 0 unspecified atom stereocenters. The summed E-state index contributed by atoms with van der Waals surface area (Å²) in [4.78, 5) is 0. The predicted octanol–water partition coefficient (Wildman–Crippen LogP) is 15.3. The van der Waals surface area contributed by atoms with Crippen LogP contribution in [0.25, 0.3) is 121 Å². The lowest BCUT2D eigenvalue weighted by Crippen LogP contribution is -1.93. The molecule has 0 bridgehead atoms. The van der Waals surface area contributed by atoms with Gasteiger partial charge in [0.1, 0.15) is 0 Å². The zero-order chi connectivity index (χ0) is 36.0. The highest BCUT2D eigenvalue weighted by Gasteiger charge is 2.26. The van der Waals surface area contributed by atoms with Crippen molar-refractivity contribution in [2.24, 2.45) is 0 Å². The average Bonchev–Trinajstić information content (AvgIpc) is 3.66. The summed E-state index contributed by atoms with van der Waals surface area (Å²) in [5.74, 6) is 0. The van der Waals surface area contributed by atoms with E-state index in [0.29, 0.717) is 0 Å². The van der Waals surface area contributed by atoms with Gasteiger partial charge in [0.15, 0.2) is 0 Å². The van der Waals surface area contributed by atoms with Gasteiger partial charge in [-0.25, -0.2) is 0 Å². The third-order valence-electron chi connectivity index (χ3n) is 12.4. The Bertz CT molecular complexity index is 3080. The number of hydrogen-bond donors (Lipinski definition) is 0. The van der Waals surface area contributed by atoms with E-state index in [1.54, 1.807) is 0 Å². The minimum atomic E-state index is 1.28.